The Kier molecular flexibility index (Phi) is 7.01. The maximum Gasteiger partial charge on any atom is 0.382 e. The van der Waals surface area contributed by atoms with E-state index < -0.39 is 11.9 Å². The molecular weight excluding hydrogens is 452 g/mol. The lowest BCUT2D eigenvalue weighted by atomic mass is 10.1. The number of hydrogen-bond acceptors (Lipinski definition) is 4. The van der Waals surface area contributed by atoms with E-state index >= 15 is 8.78 Å². The Hall–Kier alpha value is -2.57. The number of halogens is 3. The van der Waals surface area contributed by atoms with Crippen molar-refractivity contribution in [1.29, 1.82) is 0 Å². The highest BCUT2D eigenvalue weighted by Crippen LogP contribution is 2.49. The maximum absolute atomic E-state index is 15.0. The lowest BCUT2D eigenvalue weighted by Crippen LogP contribution is -2.29. The molecule has 7 heteroatoms. The van der Waals surface area contributed by atoms with Crippen molar-refractivity contribution in [2.24, 2.45) is 0 Å². The number of esters is 1. The molecule has 0 amide bonds. The van der Waals surface area contributed by atoms with Gasteiger partial charge in [0.2, 0.25) is 0 Å². The van der Waals surface area contributed by atoms with Crippen LogP contribution in [0.4, 0.5) is 20.2 Å². The number of hydrogen-bond donors (Lipinski definition) is 0. The monoisotopic (exact) mass is 473 g/mol. The fourth-order valence-corrected chi connectivity index (χ4v) is 4.83. The third kappa shape index (κ3) is 4.76. The Labute approximate surface area is 195 Å². The Morgan fingerprint density at radius 1 is 0.938 bits per heavy atom. The van der Waals surface area contributed by atoms with Crippen LogP contribution in [0.25, 0.3) is 0 Å². The predicted octanol–water partition coefficient (Wildman–Crippen LogP) is 7.14. The standard InChI is InChI=1S/C25H22ClF2NO2S/c26-14-6-7-15-29-20-10-4-5-11-22(20)32-23-13-12-19(16-21(23)29)25(27,28)24(30)31-17-18-8-2-1-3-9-18/h1-5,8-13,16H,6-7,14-15,17H2. The van der Waals surface area contributed by atoms with E-state index in [0.29, 0.717) is 23.7 Å². The molecule has 0 unspecified atom stereocenters. The van der Waals surface area contributed by atoms with Crippen LogP contribution >= 0.6 is 23.4 Å². The number of anilines is 2. The number of rotatable bonds is 8. The first kappa shape index (κ1) is 22.6. The van der Waals surface area contributed by atoms with Crippen LogP contribution in [-0.2, 0) is 22.1 Å². The van der Waals surface area contributed by atoms with E-state index in [1.165, 1.54) is 23.9 Å². The number of para-hydroxylation sites is 1. The Morgan fingerprint density at radius 3 is 2.44 bits per heavy atom. The van der Waals surface area contributed by atoms with Gasteiger partial charge < -0.3 is 9.64 Å². The number of nitrogens with zero attached hydrogens (tertiary/aromatic N) is 1. The molecule has 166 valence electrons. The number of benzene rings is 3. The summed E-state index contributed by atoms with van der Waals surface area (Å²) in [6.45, 7) is 0.443. The third-order valence-electron chi connectivity index (χ3n) is 5.22. The van der Waals surface area contributed by atoms with Crippen LogP contribution < -0.4 is 4.90 Å². The second-order valence-corrected chi connectivity index (χ2v) is 8.90. The first-order valence-corrected chi connectivity index (χ1v) is 11.7. The molecule has 4 rings (SSSR count). The molecular formula is C25H22ClF2NO2S. The zero-order valence-corrected chi connectivity index (χ0v) is 18.8. The summed E-state index contributed by atoms with van der Waals surface area (Å²) in [5.41, 5.74) is 1.90. The van der Waals surface area contributed by atoms with Crippen molar-refractivity contribution in [3.8, 4) is 0 Å². The minimum Gasteiger partial charge on any atom is -0.456 e. The molecule has 0 radical (unpaired) electrons. The maximum atomic E-state index is 15.0. The van der Waals surface area contributed by atoms with E-state index in [2.05, 4.69) is 0 Å². The summed E-state index contributed by atoms with van der Waals surface area (Å²) < 4.78 is 35.0. The molecule has 0 atom stereocenters. The lowest BCUT2D eigenvalue weighted by molar-refractivity contribution is -0.175. The van der Waals surface area contributed by atoms with Crippen molar-refractivity contribution in [2.75, 3.05) is 17.3 Å². The number of unbranched alkanes of at least 4 members (excludes halogenated alkanes) is 1. The van der Waals surface area contributed by atoms with Gasteiger partial charge in [0, 0.05) is 27.8 Å². The second kappa shape index (κ2) is 9.92. The largest absolute Gasteiger partial charge is 0.456 e. The first-order valence-electron chi connectivity index (χ1n) is 10.3. The van der Waals surface area contributed by atoms with Gasteiger partial charge in [0.1, 0.15) is 6.61 Å². The van der Waals surface area contributed by atoms with Gasteiger partial charge in [0.25, 0.3) is 0 Å². The summed E-state index contributed by atoms with van der Waals surface area (Å²) in [6.07, 6.45) is 1.64. The quantitative estimate of drug-likeness (QED) is 0.197. The molecule has 32 heavy (non-hydrogen) atoms. The number of fused-ring (bicyclic) bond motifs is 2. The molecule has 1 aliphatic heterocycles. The van der Waals surface area contributed by atoms with Gasteiger partial charge in [-0.3, -0.25) is 0 Å². The second-order valence-electron chi connectivity index (χ2n) is 7.44. The molecule has 0 aliphatic carbocycles. The molecule has 1 aliphatic rings. The van der Waals surface area contributed by atoms with Crippen LogP contribution in [0.15, 0.2) is 82.6 Å². The predicted molar refractivity (Wildman–Crippen MR) is 124 cm³/mol. The number of alkyl halides is 3. The summed E-state index contributed by atoms with van der Waals surface area (Å²) in [4.78, 5) is 16.3. The molecule has 3 aromatic rings. The van der Waals surface area contributed by atoms with E-state index in [9.17, 15) is 4.79 Å². The summed E-state index contributed by atoms with van der Waals surface area (Å²) in [5.74, 6) is -4.77. The average Bonchev–Trinajstić information content (AvgIpc) is 2.82. The Bertz CT molecular complexity index is 1090. The topological polar surface area (TPSA) is 29.5 Å². The van der Waals surface area contributed by atoms with Gasteiger partial charge in [-0.05, 0) is 42.7 Å². The fraction of sp³-hybridized carbons (Fsp3) is 0.240. The normalized spacial score (nSPS) is 12.8. The molecule has 3 nitrogen and oxygen atoms in total. The number of carbonyl (C=O) groups excluding carboxylic acids is 1. The molecule has 0 N–H and O–H groups in total. The van der Waals surface area contributed by atoms with E-state index in [-0.39, 0.29) is 12.2 Å². The Morgan fingerprint density at radius 2 is 1.66 bits per heavy atom. The first-order chi connectivity index (χ1) is 15.5. The summed E-state index contributed by atoms with van der Waals surface area (Å²) in [7, 11) is 0. The molecule has 0 bridgehead atoms. The van der Waals surface area contributed by atoms with Crippen LogP contribution in [0.1, 0.15) is 24.0 Å². The highest BCUT2D eigenvalue weighted by Gasteiger charge is 2.43. The minimum atomic E-state index is -3.76. The van der Waals surface area contributed by atoms with Crippen LogP contribution in [-0.4, -0.2) is 18.4 Å². The lowest BCUT2D eigenvalue weighted by Gasteiger charge is -2.33. The van der Waals surface area contributed by atoms with E-state index in [1.807, 2.05) is 35.2 Å². The summed E-state index contributed by atoms with van der Waals surface area (Å²) >= 11 is 7.37. The van der Waals surface area contributed by atoms with Gasteiger partial charge >= 0.3 is 11.9 Å². The Balaban J connectivity index is 1.60. The molecule has 0 saturated heterocycles. The highest BCUT2D eigenvalue weighted by atomic mass is 35.5. The van der Waals surface area contributed by atoms with Gasteiger partial charge in [-0.25, -0.2) is 4.79 Å². The van der Waals surface area contributed by atoms with Crippen LogP contribution in [0.2, 0.25) is 0 Å². The number of ether oxygens (including phenoxy) is 1. The molecule has 0 saturated carbocycles. The van der Waals surface area contributed by atoms with Crippen LogP contribution in [0.5, 0.6) is 0 Å². The van der Waals surface area contributed by atoms with Crippen molar-refractivity contribution >= 4 is 40.7 Å². The van der Waals surface area contributed by atoms with Gasteiger partial charge in [-0.1, -0.05) is 60.3 Å². The SMILES string of the molecule is O=C(OCc1ccccc1)C(F)(F)c1ccc2c(c1)N(CCCCCl)c1ccccc1S2. The summed E-state index contributed by atoms with van der Waals surface area (Å²) in [6, 6.07) is 21.0. The van der Waals surface area contributed by atoms with E-state index in [1.54, 1.807) is 30.3 Å². The van der Waals surface area contributed by atoms with E-state index in [0.717, 1.165) is 28.3 Å². The van der Waals surface area contributed by atoms with Crippen LogP contribution in [0.3, 0.4) is 0 Å². The van der Waals surface area contributed by atoms with Crippen LogP contribution in [0, 0.1) is 0 Å². The van der Waals surface area contributed by atoms with Crippen molar-refractivity contribution in [3.05, 3.63) is 83.9 Å². The molecule has 3 aromatic carbocycles. The molecule has 1 heterocycles. The fourth-order valence-electron chi connectivity index (χ4n) is 3.56. The zero-order valence-electron chi connectivity index (χ0n) is 17.3. The average molecular weight is 474 g/mol. The van der Waals surface area contributed by atoms with Gasteiger partial charge in [-0.2, -0.15) is 8.78 Å². The zero-order chi connectivity index (χ0) is 22.6. The number of carbonyl (C=O) groups is 1. The molecule has 0 fully saturated rings. The third-order valence-corrected chi connectivity index (χ3v) is 6.62. The summed E-state index contributed by atoms with van der Waals surface area (Å²) in [5, 5.41) is 0. The minimum absolute atomic E-state index is 0.200. The van der Waals surface area contributed by atoms with Crippen molar-refractivity contribution in [1.82, 2.24) is 0 Å². The van der Waals surface area contributed by atoms with Gasteiger partial charge in [0.05, 0.1) is 11.4 Å². The highest BCUT2D eigenvalue weighted by molar-refractivity contribution is 7.99. The van der Waals surface area contributed by atoms with Crippen molar-refractivity contribution in [3.63, 3.8) is 0 Å². The van der Waals surface area contributed by atoms with Gasteiger partial charge in [-0.15, -0.1) is 11.6 Å². The van der Waals surface area contributed by atoms with Crippen molar-refractivity contribution < 1.29 is 18.3 Å². The molecule has 0 spiro atoms. The van der Waals surface area contributed by atoms with E-state index in [4.69, 9.17) is 16.3 Å². The smallest absolute Gasteiger partial charge is 0.382 e. The molecule has 0 aromatic heterocycles. The van der Waals surface area contributed by atoms with Crippen molar-refractivity contribution in [2.45, 2.75) is 35.2 Å². The van der Waals surface area contributed by atoms with Gasteiger partial charge in [0.15, 0.2) is 0 Å².